The predicted molar refractivity (Wildman–Crippen MR) is 85.6 cm³/mol. The number of nitrogens with one attached hydrogen (secondary N) is 1. The maximum absolute atomic E-state index is 12.2. The van der Waals surface area contributed by atoms with Crippen molar-refractivity contribution in [1.29, 1.82) is 0 Å². The van der Waals surface area contributed by atoms with Gasteiger partial charge in [-0.3, -0.25) is 4.79 Å². The molecule has 0 saturated heterocycles. The fraction of sp³-hybridized carbons (Fsp3) is 0.278. The van der Waals surface area contributed by atoms with Crippen molar-refractivity contribution in [3.05, 3.63) is 71.8 Å². The lowest BCUT2D eigenvalue weighted by atomic mass is 9.93. The van der Waals surface area contributed by atoms with Gasteiger partial charge in [-0.05, 0) is 25.0 Å². The van der Waals surface area contributed by atoms with Crippen molar-refractivity contribution in [1.82, 2.24) is 5.32 Å². The van der Waals surface area contributed by atoms with Crippen molar-refractivity contribution >= 4 is 5.91 Å². The number of nitrogens with two attached hydrogens (primary N) is 1. The van der Waals surface area contributed by atoms with E-state index in [1.807, 2.05) is 74.5 Å². The van der Waals surface area contributed by atoms with Crippen molar-refractivity contribution in [2.45, 2.75) is 31.8 Å². The maximum Gasteiger partial charge on any atom is 0.222 e. The Bertz CT molecular complexity index is 579. The van der Waals surface area contributed by atoms with Gasteiger partial charge >= 0.3 is 0 Å². The molecule has 1 unspecified atom stereocenters. The average Bonchev–Trinajstić information content (AvgIpc) is 2.48. The van der Waals surface area contributed by atoms with Crippen LogP contribution in [-0.4, -0.2) is 5.91 Å². The summed E-state index contributed by atoms with van der Waals surface area (Å²) < 4.78 is 0. The highest BCUT2D eigenvalue weighted by Crippen LogP contribution is 2.20. The molecular formula is C18H22N2O. The summed E-state index contributed by atoms with van der Waals surface area (Å²) in [5, 5.41) is 3.05. The lowest BCUT2D eigenvalue weighted by Gasteiger charge is -2.27. The maximum atomic E-state index is 12.2. The summed E-state index contributed by atoms with van der Waals surface area (Å²) in [6, 6.07) is 19.3. The Hall–Kier alpha value is -2.13. The molecule has 1 amide bonds. The summed E-state index contributed by atoms with van der Waals surface area (Å²) in [6.07, 6.45) is 0.278. The molecule has 0 heterocycles. The van der Waals surface area contributed by atoms with Gasteiger partial charge in [-0.1, -0.05) is 60.7 Å². The zero-order valence-electron chi connectivity index (χ0n) is 12.5. The van der Waals surface area contributed by atoms with Crippen LogP contribution in [0.25, 0.3) is 0 Å². The third kappa shape index (κ3) is 4.17. The third-order valence-electron chi connectivity index (χ3n) is 3.58. The summed E-state index contributed by atoms with van der Waals surface area (Å²) in [7, 11) is 0. The van der Waals surface area contributed by atoms with Crippen LogP contribution in [-0.2, 0) is 10.3 Å². The second kappa shape index (κ2) is 6.55. The van der Waals surface area contributed by atoms with Gasteiger partial charge in [-0.2, -0.15) is 0 Å². The number of benzene rings is 2. The fourth-order valence-corrected chi connectivity index (χ4v) is 2.34. The molecule has 110 valence electrons. The minimum Gasteiger partial charge on any atom is -0.347 e. The van der Waals surface area contributed by atoms with E-state index >= 15 is 0 Å². The molecule has 2 aromatic rings. The summed E-state index contributed by atoms with van der Waals surface area (Å²) >= 11 is 0. The van der Waals surface area contributed by atoms with E-state index in [4.69, 9.17) is 5.73 Å². The van der Waals surface area contributed by atoms with Gasteiger partial charge in [0.05, 0.1) is 5.54 Å². The Labute approximate surface area is 126 Å². The quantitative estimate of drug-likeness (QED) is 0.885. The Balaban J connectivity index is 1.98. The van der Waals surface area contributed by atoms with Gasteiger partial charge in [-0.25, -0.2) is 0 Å². The first-order valence-corrected chi connectivity index (χ1v) is 7.16. The topological polar surface area (TPSA) is 55.1 Å². The van der Waals surface area contributed by atoms with Crippen LogP contribution in [0.1, 0.15) is 37.4 Å². The summed E-state index contributed by atoms with van der Waals surface area (Å²) in [4.78, 5) is 12.2. The fourth-order valence-electron chi connectivity index (χ4n) is 2.34. The molecule has 0 fully saturated rings. The zero-order chi connectivity index (χ0) is 15.3. The van der Waals surface area contributed by atoms with Crippen LogP contribution in [0.3, 0.4) is 0 Å². The van der Waals surface area contributed by atoms with Gasteiger partial charge in [-0.15, -0.1) is 0 Å². The van der Waals surface area contributed by atoms with Crippen LogP contribution < -0.4 is 11.1 Å². The first kappa shape index (κ1) is 15.3. The Morgan fingerprint density at radius 1 is 1.05 bits per heavy atom. The predicted octanol–water partition coefficient (Wildman–Crippen LogP) is 3.13. The standard InChI is InChI=1S/C18H22N2O/c1-18(2,15-11-7-4-8-12-15)20-17(21)13-16(19)14-9-5-3-6-10-14/h3-12,16H,13,19H2,1-2H3,(H,20,21). The molecule has 3 heteroatoms. The summed E-state index contributed by atoms with van der Waals surface area (Å²) in [5.41, 5.74) is 7.74. The van der Waals surface area contributed by atoms with Gasteiger partial charge in [0.1, 0.15) is 0 Å². The van der Waals surface area contributed by atoms with Crippen LogP contribution in [0.2, 0.25) is 0 Å². The molecule has 0 spiro atoms. The molecule has 0 aliphatic heterocycles. The van der Waals surface area contributed by atoms with E-state index in [0.717, 1.165) is 11.1 Å². The van der Waals surface area contributed by atoms with E-state index in [1.165, 1.54) is 0 Å². The smallest absolute Gasteiger partial charge is 0.222 e. The molecule has 0 saturated carbocycles. The molecule has 0 aliphatic carbocycles. The zero-order valence-corrected chi connectivity index (χ0v) is 12.5. The normalized spacial score (nSPS) is 12.7. The number of carbonyl (C=O) groups is 1. The molecule has 2 rings (SSSR count). The Kier molecular flexibility index (Phi) is 4.76. The van der Waals surface area contributed by atoms with Gasteiger partial charge in [0.25, 0.3) is 0 Å². The van der Waals surface area contributed by atoms with Crippen LogP contribution in [0.15, 0.2) is 60.7 Å². The van der Waals surface area contributed by atoms with Gasteiger partial charge < -0.3 is 11.1 Å². The van der Waals surface area contributed by atoms with E-state index in [0.29, 0.717) is 0 Å². The van der Waals surface area contributed by atoms with Crippen molar-refractivity contribution in [3.8, 4) is 0 Å². The highest BCUT2D eigenvalue weighted by atomic mass is 16.1. The SMILES string of the molecule is CC(C)(NC(=O)CC(N)c1ccccc1)c1ccccc1. The summed E-state index contributed by atoms with van der Waals surface area (Å²) in [5.74, 6) is -0.0415. The molecule has 21 heavy (non-hydrogen) atoms. The average molecular weight is 282 g/mol. The Morgan fingerprint density at radius 2 is 1.57 bits per heavy atom. The van der Waals surface area contributed by atoms with Crippen molar-refractivity contribution < 1.29 is 4.79 Å². The number of rotatable bonds is 5. The monoisotopic (exact) mass is 282 g/mol. The van der Waals surface area contributed by atoms with Crippen molar-refractivity contribution in [2.75, 3.05) is 0 Å². The van der Waals surface area contributed by atoms with Crippen LogP contribution in [0.5, 0.6) is 0 Å². The van der Waals surface area contributed by atoms with Crippen LogP contribution >= 0.6 is 0 Å². The number of hydrogen-bond acceptors (Lipinski definition) is 2. The first-order chi connectivity index (χ1) is 9.99. The highest BCUT2D eigenvalue weighted by Gasteiger charge is 2.23. The molecular weight excluding hydrogens is 260 g/mol. The van der Waals surface area contributed by atoms with Crippen LogP contribution in [0.4, 0.5) is 0 Å². The minimum absolute atomic E-state index is 0.0415. The van der Waals surface area contributed by atoms with Crippen molar-refractivity contribution in [3.63, 3.8) is 0 Å². The molecule has 2 aromatic carbocycles. The summed E-state index contributed by atoms with van der Waals surface area (Å²) in [6.45, 7) is 3.99. The van der Waals surface area contributed by atoms with Gasteiger partial charge in [0, 0.05) is 12.5 Å². The molecule has 1 atom stereocenters. The van der Waals surface area contributed by atoms with Crippen molar-refractivity contribution in [2.24, 2.45) is 5.73 Å². The number of carbonyl (C=O) groups excluding carboxylic acids is 1. The van der Waals surface area contributed by atoms with E-state index in [2.05, 4.69) is 5.32 Å². The first-order valence-electron chi connectivity index (χ1n) is 7.16. The van der Waals surface area contributed by atoms with Gasteiger partial charge in [0.15, 0.2) is 0 Å². The third-order valence-corrected chi connectivity index (χ3v) is 3.58. The van der Waals surface area contributed by atoms with E-state index in [9.17, 15) is 4.79 Å². The largest absolute Gasteiger partial charge is 0.347 e. The molecule has 3 nitrogen and oxygen atoms in total. The second-order valence-corrected chi connectivity index (χ2v) is 5.76. The van der Waals surface area contributed by atoms with E-state index < -0.39 is 5.54 Å². The van der Waals surface area contributed by atoms with Gasteiger partial charge in [0.2, 0.25) is 5.91 Å². The molecule has 0 radical (unpaired) electrons. The number of amides is 1. The number of hydrogen-bond donors (Lipinski definition) is 2. The lowest BCUT2D eigenvalue weighted by Crippen LogP contribution is -2.42. The van der Waals surface area contributed by atoms with E-state index in [-0.39, 0.29) is 18.4 Å². The van der Waals surface area contributed by atoms with Crippen LogP contribution in [0, 0.1) is 0 Å². The second-order valence-electron chi connectivity index (χ2n) is 5.76. The lowest BCUT2D eigenvalue weighted by molar-refractivity contribution is -0.123. The molecule has 3 N–H and O–H groups in total. The highest BCUT2D eigenvalue weighted by molar-refractivity contribution is 5.77. The molecule has 0 bridgehead atoms. The molecule has 0 aliphatic rings. The minimum atomic E-state index is -0.408. The Morgan fingerprint density at radius 3 is 2.14 bits per heavy atom. The molecule has 0 aromatic heterocycles. The van der Waals surface area contributed by atoms with E-state index in [1.54, 1.807) is 0 Å².